The SMILES string of the molecule is CCOP(=O)(OCC)C(CC=CCC=CCC=CCCC(=O)OC)C(C)=O. The maximum Gasteiger partial charge on any atom is 0.341 e. The summed E-state index contributed by atoms with van der Waals surface area (Å²) in [5.41, 5.74) is -0.768. The summed E-state index contributed by atoms with van der Waals surface area (Å²) in [6, 6.07) is 0. The Hall–Kier alpha value is -1.49. The fraction of sp³-hybridized carbons (Fsp3) is 0.600. The molecule has 0 aliphatic rings. The number of ketones is 1. The average Bonchev–Trinajstić information content (AvgIpc) is 2.62. The number of Topliss-reactive ketones (excluding diaryl/α,β-unsaturated/α-hetero) is 1. The van der Waals surface area contributed by atoms with Crippen LogP contribution in [0.2, 0.25) is 0 Å². The molecule has 0 heterocycles. The van der Waals surface area contributed by atoms with Gasteiger partial charge in [0.1, 0.15) is 11.4 Å². The summed E-state index contributed by atoms with van der Waals surface area (Å²) in [5, 5.41) is 0. The van der Waals surface area contributed by atoms with Crippen molar-refractivity contribution in [3.63, 3.8) is 0 Å². The number of hydrogen-bond donors (Lipinski definition) is 0. The minimum Gasteiger partial charge on any atom is -0.469 e. The van der Waals surface area contributed by atoms with Crippen molar-refractivity contribution < 1.29 is 27.9 Å². The fourth-order valence-electron chi connectivity index (χ4n) is 2.28. The van der Waals surface area contributed by atoms with E-state index < -0.39 is 13.3 Å². The molecule has 0 saturated heterocycles. The molecule has 0 saturated carbocycles. The van der Waals surface area contributed by atoms with Gasteiger partial charge in [-0.3, -0.25) is 14.2 Å². The minimum absolute atomic E-state index is 0.197. The molecule has 6 nitrogen and oxygen atoms in total. The lowest BCUT2D eigenvalue weighted by atomic mass is 10.2. The molecule has 0 aliphatic heterocycles. The Morgan fingerprint density at radius 2 is 1.44 bits per heavy atom. The van der Waals surface area contributed by atoms with Crippen LogP contribution in [-0.4, -0.2) is 37.7 Å². The van der Waals surface area contributed by atoms with Crippen molar-refractivity contribution in [2.75, 3.05) is 20.3 Å². The highest BCUT2D eigenvalue weighted by Gasteiger charge is 2.37. The third-order valence-corrected chi connectivity index (χ3v) is 6.19. The van der Waals surface area contributed by atoms with E-state index in [4.69, 9.17) is 9.05 Å². The van der Waals surface area contributed by atoms with Gasteiger partial charge in [0, 0.05) is 6.42 Å². The Morgan fingerprint density at radius 3 is 1.93 bits per heavy atom. The van der Waals surface area contributed by atoms with Crippen LogP contribution in [0.25, 0.3) is 0 Å². The van der Waals surface area contributed by atoms with E-state index >= 15 is 0 Å². The van der Waals surface area contributed by atoms with E-state index in [2.05, 4.69) is 4.74 Å². The monoisotopic (exact) mass is 400 g/mol. The number of methoxy groups -OCH3 is 1. The molecule has 1 unspecified atom stereocenters. The second-order valence-electron chi connectivity index (χ2n) is 5.74. The van der Waals surface area contributed by atoms with Crippen LogP contribution in [0.15, 0.2) is 36.5 Å². The maximum absolute atomic E-state index is 12.8. The Balaban J connectivity index is 4.33. The van der Waals surface area contributed by atoms with Crippen molar-refractivity contribution in [3.05, 3.63) is 36.5 Å². The number of esters is 1. The van der Waals surface area contributed by atoms with E-state index in [1.165, 1.54) is 14.0 Å². The average molecular weight is 400 g/mol. The number of carbonyl (C=O) groups is 2. The van der Waals surface area contributed by atoms with Crippen molar-refractivity contribution in [2.45, 2.75) is 58.5 Å². The fourth-order valence-corrected chi connectivity index (χ4v) is 4.26. The first kappa shape index (κ1) is 25.5. The van der Waals surface area contributed by atoms with Crippen molar-refractivity contribution >= 4 is 19.3 Å². The smallest absolute Gasteiger partial charge is 0.341 e. The van der Waals surface area contributed by atoms with E-state index in [-0.39, 0.29) is 25.0 Å². The van der Waals surface area contributed by atoms with E-state index in [9.17, 15) is 14.2 Å². The van der Waals surface area contributed by atoms with Gasteiger partial charge in [0.05, 0.1) is 20.3 Å². The predicted octanol–water partition coefficient (Wildman–Crippen LogP) is 5.00. The second kappa shape index (κ2) is 15.6. The first-order chi connectivity index (χ1) is 12.9. The molecule has 0 N–H and O–H groups in total. The summed E-state index contributed by atoms with van der Waals surface area (Å²) in [5.74, 6) is -0.403. The van der Waals surface area contributed by atoms with Crippen LogP contribution in [0, 0.1) is 0 Å². The predicted molar refractivity (Wildman–Crippen MR) is 108 cm³/mol. The lowest BCUT2D eigenvalue weighted by Crippen LogP contribution is -2.20. The van der Waals surface area contributed by atoms with E-state index in [0.717, 1.165) is 6.42 Å². The minimum atomic E-state index is -3.43. The van der Waals surface area contributed by atoms with E-state index in [1.54, 1.807) is 13.8 Å². The standard InChI is InChI=1S/C20H33O6P/c1-5-25-27(23,26-6-2)19(18(3)21)16-14-12-10-8-7-9-11-13-15-17-20(22)24-4/h7-8,11-14,19H,5-6,9-10,15-17H2,1-4H3. The maximum atomic E-state index is 12.8. The molecule has 27 heavy (non-hydrogen) atoms. The highest BCUT2D eigenvalue weighted by molar-refractivity contribution is 7.55. The van der Waals surface area contributed by atoms with E-state index in [0.29, 0.717) is 25.7 Å². The molecule has 0 aromatic rings. The number of carbonyl (C=O) groups excluding carboxylic acids is 2. The molecule has 0 spiro atoms. The van der Waals surface area contributed by atoms with Crippen LogP contribution >= 0.6 is 7.60 Å². The van der Waals surface area contributed by atoms with Crippen LogP contribution in [0.1, 0.15) is 52.9 Å². The molecule has 7 heteroatoms. The Morgan fingerprint density at radius 1 is 0.926 bits per heavy atom. The Kier molecular flexibility index (Phi) is 14.7. The molecular weight excluding hydrogens is 367 g/mol. The topological polar surface area (TPSA) is 78.9 Å². The molecule has 0 aliphatic carbocycles. The zero-order valence-electron chi connectivity index (χ0n) is 16.9. The Bertz CT molecular complexity index is 555. The van der Waals surface area contributed by atoms with Crippen LogP contribution in [0.3, 0.4) is 0 Å². The molecular formula is C20H33O6P. The largest absolute Gasteiger partial charge is 0.469 e. The summed E-state index contributed by atoms with van der Waals surface area (Å²) < 4.78 is 27.9. The first-order valence-electron chi connectivity index (χ1n) is 9.32. The summed E-state index contributed by atoms with van der Waals surface area (Å²) >= 11 is 0. The Labute approximate surface area is 163 Å². The van der Waals surface area contributed by atoms with E-state index in [1.807, 2.05) is 36.5 Å². The molecule has 154 valence electrons. The van der Waals surface area contributed by atoms with Crippen molar-refractivity contribution in [2.24, 2.45) is 0 Å². The van der Waals surface area contributed by atoms with Crippen LogP contribution in [0.5, 0.6) is 0 Å². The van der Waals surface area contributed by atoms with Crippen molar-refractivity contribution in [1.29, 1.82) is 0 Å². The lowest BCUT2D eigenvalue weighted by Gasteiger charge is -2.23. The van der Waals surface area contributed by atoms with Gasteiger partial charge in [-0.25, -0.2) is 0 Å². The molecule has 0 rings (SSSR count). The molecule has 0 bridgehead atoms. The third kappa shape index (κ3) is 11.8. The van der Waals surface area contributed by atoms with Gasteiger partial charge in [-0.1, -0.05) is 36.5 Å². The van der Waals surface area contributed by atoms with Gasteiger partial charge >= 0.3 is 13.6 Å². The summed E-state index contributed by atoms with van der Waals surface area (Å²) in [7, 11) is -2.05. The lowest BCUT2D eigenvalue weighted by molar-refractivity contribution is -0.140. The van der Waals surface area contributed by atoms with Crippen molar-refractivity contribution in [1.82, 2.24) is 0 Å². The highest BCUT2D eigenvalue weighted by Crippen LogP contribution is 2.54. The molecule has 0 amide bonds. The zero-order chi connectivity index (χ0) is 20.5. The van der Waals surface area contributed by atoms with Crippen LogP contribution < -0.4 is 0 Å². The highest BCUT2D eigenvalue weighted by atomic mass is 31.2. The van der Waals surface area contributed by atoms with Gasteiger partial charge < -0.3 is 13.8 Å². The molecule has 0 fully saturated rings. The van der Waals surface area contributed by atoms with Gasteiger partial charge in [-0.05, 0) is 46.5 Å². The van der Waals surface area contributed by atoms with Crippen LogP contribution in [-0.2, 0) is 27.9 Å². The second-order valence-corrected chi connectivity index (χ2v) is 7.96. The number of hydrogen-bond acceptors (Lipinski definition) is 6. The first-order valence-corrected chi connectivity index (χ1v) is 10.9. The molecule has 0 aromatic carbocycles. The van der Waals surface area contributed by atoms with Gasteiger partial charge in [0.25, 0.3) is 0 Å². The number of rotatable bonds is 15. The summed E-state index contributed by atoms with van der Waals surface area (Å²) in [6.45, 7) is 5.34. The van der Waals surface area contributed by atoms with Gasteiger partial charge in [-0.15, -0.1) is 0 Å². The molecule has 1 atom stereocenters. The van der Waals surface area contributed by atoms with Crippen LogP contribution in [0.4, 0.5) is 0 Å². The molecule has 0 aromatic heterocycles. The normalized spacial score (nSPS) is 13.6. The molecule has 0 radical (unpaired) electrons. The summed E-state index contributed by atoms with van der Waals surface area (Å²) in [6.07, 6.45) is 14.6. The van der Waals surface area contributed by atoms with Gasteiger partial charge in [-0.2, -0.15) is 0 Å². The zero-order valence-corrected chi connectivity index (χ0v) is 17.8. The third-order valence-electron chi connectivity index (χ3n) is 3.62. The van der Waals surface area contributed by atoms with Gasteiger partial charge in [0.2, 0.25) is 0 Å². The quantitative estimate of drug-likeness (QED) is 0.219. The number of allylic oxidation sites excluding steroid dienone is 6. The van der Waals surface area contributed by atoms with Crippen molar-refractivity contribution in [3.8, 4) is 0 Å². The summed E-state index contributed by atoms with van der Waals surface area (Å²) in [4.78, 5) is 22.8. The number of ether oxygens (including phenoxy) is 1. The van der Waals surface area contributed by atoms with Gasteiger partial charge in [0.15, 0.2) is 0 Å².